The molecule has 0 aliphatic carbocycles. The minimum atomic E-state index is -0.179. The van der Waals surface area contributed by atoms with Crippen LogP contribution < -0.4 is 10.9 Å². The number of fused-ring (bicyclic) bond motifs is 1. The van der Waals surface area contributed by atoms with Crippen LogP contribution in [0.15, 0.2) is 59.4 Å². The zero-order chi connectivity index (χ0) is 18.1. The van der Waals surface area contributed by atoms with Gasteiger partial charge < -0.3 is 5.32 Å². The molecule has 0 fully saturated rings. The lowest BCUT2D eigenvalue weighted by atomic mass is 10.1. The minimum absolute atomic E-state index is 0.179. The molecule has 0 aliphatic rings. The zero-order valence-electron chi connectivity index (χ0n) is 14.7. The third-order valence-corrected chi connectivity index (χ3v) is 4.20. The fourth-order valence-corrected chi connectivity index (χ4v) is 2.80. The van der Waals surface area contributed by atoms with E-state index in [1.165, 1.54) is 16.1 Å². The second kappa shape index (κ2) is 6.48. The van der Waals surface area contributed by atoms with Crippen molar-refractivity contribution in [2.75, 3.05) is 5.32 Å². The summed E-state index contributed by atoms with van der Waals surface area (Å²) >= 11 is 0. The van der Waals surface area contributed by atoms with Crippen molar-refractivity contribution in [2.24, 2.45) is 0 Å². The van der Waals surface area contributed by atoms with E-state index in [4.69, 9.17) is 0 Å². The lowest BCUT2D eigenvalue weighted by Gasteiger charge is -2.06. The van der Waals surface area contributed by atoms with Crippen molar-refractivity contribution in [1.29, 1.82) is 0 Å². The van der Waals surface area contributed by atoms with Gasteiger partial charge in [0.15, 0.2) is 5.82 Å². The van der Waals surface area contributed by atoms with Crippen molar-refractivity contribution in [1.82, 2.24) is 19.6 Å². The van der Waals surface area contributed by atoms with Crippen molar-refractivity contribution in [3.8, 4) is 11.4 Å². The summed E-state index contributed by atoms with van der Waals surface area (Å²) in [4.78, 5) is 21.4. The quantitative estimate of drug-likeness (QED) is 0.595. The molecule has 0 amide bonds. The largest absolute Gasteiger partial charge is 0.379 e. The van der Waals surface area contributed by atoms with E-state index in [0.717, 1.165) is 16.8 Å². The Morgan fingerprint density at radius 1 is 1.00 bits per heavy atom. The van der Waals surface area contributed by atoms with Gasteiger partial charge in [0.1, 0.15) is 0 Å². The molecule has 0 saturated heterocycles. The maximum Gasteiger partial charge on any atom is 0.274 e. The van der Waals surface area contributed by atoms with Crippen LogP contribution >= 0.6 is 0 Å². The van der Waals surface area contributed by atoms with Crippen LogP contribution in [0.25, 0.3) is 17.2 Å². The minimum Gasteiger partial charge on any atom is -0.379 e. The molecule has 2 aromatic carbocycles. The Labute approximate surface area is 150 Å². The number of anilines is 1. The molecule has 0 unspecified atom stereocenters. The highest BCUT2D eigenvalue weighted by Gasteiger charge is 2.09. The van der Waals surface area contributed by atoms with Gasteiger partial charge in [-0.25, -0.2) is 4.98 Å². The van der Waals surface area contributed by atoms with Gasteiger partial charge in [0.05, 0.1) is 12.2 Å². The van der Waals surface area contributed by atoms with Gasteiger partial charge in [-0.3, -0.25) is 9.89 Å². The van der Waals surface area contributed by atoms with Gasteiger partial charge in [-0.1, -0.05) is 41.5 Å². The van der Waals surface area contributed by atoms with Crippen molar-refractivity contribution in [3.63, 3.8) is 0 Å². The van der Waals surface area contributed by atoms with Gasteiger partial charge in [-0.15, -0.1) is 0 Å². The smallest absolute Gasteiger partial charge is 0.274 e. The molecule has 0 saturated carbocycles. The number of aryl methyl sites for hydroxylation is 2. The van der Waals surface area contributed by atoms with Crippen LogP contribution in [-0.4, -0.2) is 19.6 Å². The van der Waals surface area contributed by atoms with Crippen LogP contribution in [0.3, 0.4) is 0 Å². The van der Waals surface area contributed by atoms with Gasteiger partial charge in [-0.05, 0) is 32.0 Å². The van der Waals surface area contributed by atoms with Crippen LogP contribution in [0.2, 0.25) is 0 Å². The Bertz CT molecular complexity index is 1130. The molecule has 6 nitrogen and oxygen atoms in total. The molecule has 0 atom stereocenters. The molecule has 6 heteroatoms. The Kier molecular flexibility index (Phi) is 4.01. The first kappa shape index (κ1) is 16.1. The van der Waals surface area contributed by atoms with E-state index in [2.05, 4.69) is 20.4 Å². The number of hydrogen-bond acceptors (Lipinski definition) is 4. The van der Waals surface area contributed by atoms with Crippen molar-refractivity contribution < 1.29 is 0 Å². The Balaban J connectivity index is 1.63. The summed E-state index contributed by atoms with van der Waals surface area (Å²) in [6.07, 6.45) is 0. The lowest BCUT2D eigenvalue weighted by Crippen LogP contribution is -2.17. The summed E-state index contributed by atoms with van der Waals surface area (Å²) in [5.41, 5.74) is 4.72. The molecule has 2 aromatic heterocycles. The maximum atomic E-state index is 12.4. The second-order valence-electron chi connectivity index (χ2n) is 6.38. The van der Waals surface area contributed by atoms with Crippen LogP contribution in [0.4, 0.5) is 5.69 Å². The fraction of sp³-hybridized carbons (Fsp3) is 0.150. The zero-order valence-corrected chi connectivity index (χ0v) is 14.7. The van der Waals surface area contributed by atoms with Crippen LogP contribution in [-0.2, 0) is 6.54 Å². The number of H-pyrrole nitrogens is 1. The predicted octanol–water partition coefficient (Wildman–Crippen LogP) is 3.31. The van der Waals surface area contributed by atoms with E-state index < -0.39 is 0 Å². The number of nitrogens with one attached hydrogen (secondary N) is 2. The van der Waals surface area contributed by atoms with E-state index in [0.29, 0.717) is 23.8 Å². The van der Waals surface area contributed by atoms with Crippen LogP contribution in [0.1, 0.15) is 16.8 Å². The highest BCUT2D eigenvalue weighted by Crippen LogP contribution is 2.16. The SMILES string of the molecule is Cc1ccc(NCc2cc(=O)n3[nH]c(-c4cccc(C)c4)nc3n2)cc1. The first-order chi connectivity index (χ1) is 12.6. The van der Waals surface area contributed by atoms with E-state index in [-0.39, 0.29) is 5.56 Å². The second-order valence-corrected chi connectivity index (χ2v) is 6.38. The van der Waals surface area contributed by atoms with Gasteiger partial charge in [0, 0.05) is 17.3 Å². The molecule has 0 aliphatic heterocycles. The molecule has 2 heterocycles. The third-order valence-electron chi connectivity index (χ3n) is 4.20. The van der Waals surface area contributed by atoms with Crippen LogP contribution in [0.5, 0.6) is 0 Å². The molecular weight excluding hydrogens is 326 g/mol. The molecule has 0 spiro atoms. The summed E-state index contributed by atoms with van der Waals surface area (Å²) in [6.45, 7) is 4.52. The van der Waals surface area contributed by atoms with Gasteiger partial charge in [0.25, 0.3) is 11.3 Å². The molecule has 4 aromatic rings. The molecule has 26 heavy (non-hydrogen) atoms. The highest BCUT2D eigenvalue weighted by atomic mass is 16.1. The predicted molar refractivity (Wildman–Crippen MR) is 102 cm³/mol. The molecule has 0 radical (unpaired) electrons. The maximum absolute atomic E-state index is 12.4. The van der Waals surface area contributed by atoms with Crippen molar-refractivity contribution >= 4 is 11.5 Å². The lowest BCUT2D eigenvalue weighted by molar-refractivity contribution is 0.879. The average Bonchev–Trinajstić information content (AvgIpc) is 3.06. The standard InChI is InChI=1S/C20H19N5O/c1-13-6-8-16(9-7-13)21-12-17-11-18(26)25-20(22-17)23-19(24-25)15-5-3-4-14(2)10-15/h3-11,21H,12H2,1-2H3,(H,22,23,24). The highest BCUT2D eigenvalue weighted by molar-refractivity contribution is 5.57. The Morgan fingerprint density at radius 3 is 2.58 bits per heavy atom. The average molecular weight is 345 g/mol. The van der Waals surface area contributed by atoms with E-state index >= 15 is 0 Å². The molecule has 4 rings (SSSR count). The van der Waals surface area contributed by atoms with E-state index in [9.17, 15) is 4.79 Å². The number of benzene rings is 2. The van der Waals surface area contributed by atoms with Crippen LogP contribution in [0, 0.1) is 13.8 Å². The van der Waals surface area contributed by atoms with Gasteiger partial charge in [-0.2, -0.15) is 9.50 Å². The Morgan fingerprint density at radius 2 is 1.81 bits per heavy atom. The van der Waals surface area contributed by atoms with E-state index in [1.807, 2.05) is 62.4 Å². The van der Waals surface area contributed by atoms with Gasteiger partial charge in [0.2, 0.25) is 0 Å². The summed E-state index contributed by atoms with van der Waals surface area (Å²) in [6, 6.07) is 17.6. The number of aromatic amines is 1. The number of aromatic nitrogens is 4. The third kappa shape index (κ3) is 3.21. The monoisotopic (exact) mass is 345 g/mol. The fourth-order valence-electron chi connectivity index (χ4n) is 2.80. The summed E-state index contributed by atoms with van der Waals surface area (Å²) < 4.78 is 1.37. The summed E-state index contributed by atoms with van der Waals surface area (Å²) in [5, 5.41) is 6.30. The number of rotatable bonds is 4. The summed E-state index contributed by atoms with van der Waals surface area (Å²) in [7, 11) is 0. The normalized spacial score (nSPS) is 11.0. The summed E-state index contributed by atoms with van der Waals surface area (Å²) in [5.74, 6) is 0.997. The first-order valence-corrected chi connectivity index (χ1v) is 8.45. The molecule has 0 bridgehead atoms. The molecular formula is C20H19N5O. The number of hydrogen-bond donors (Lipinski definition) is 2. The topological polar surface area (TPSA) is 75.1 Å². The Hall–Kier alpha value is -3.41. The van der Waals surface area contributed by atoms with E-state index in [1.54, 1.807) is 0 Å². The first-order valence-electron chi connectivity index (χ1n) is 8.45. The van der Waals surface area contributed by atoms with Gasteiger partial charge >= 0.3 is 0 Å². The molecule has 130 valence electrons. The molecule has 2 N–H and O–H groups in total. The van der Waals surface area contributed by atoms with Crippen molar-refractivity contribution in [2.45, 2.75) is 20.4 Å². The van der Waals surface area contributed by atoms with Crippen molar-refractivity contribution in [3.05, 3.63) is 81.8 Å². The number of nitrogens with zero attached hydrogens (tertiary/aromatic N) is 3.